The van der Waals surface area contributed by atoms with Crippen LogP contribution in [-0.2, 0) is 10.0 Å². The monoisotopic (exact) mass is 487 g/mol. The number of carbonyl (C=O) groups excluding carboxylic acids is 1. The first kappa shape index (κ1) is 23.3. The lowest BCUT2D eigenvalue weighted by molar-refractivity contribution is 0.102. The molecule has 0 spiro atoms. The van der Waals surface area contributed by atoms with E-state index in [1.807, 2.05) is 19.9 Å². The number of hydrogen-bond acceptors (Lipinski definition) is 5. The van der Waals surface area contributed by atoms with E-state index in [1.165, 1.54) is 35.7 Å². The summed E-state index contributed by atoms with van der Waals surface area (Å²) in [6.07, 6.45) is 2.28. The van der Waals surface area contributed by atoms with Gasteiger partial charge in [0.1, 0.15) is 15.6 Å². The van der Waals surface area contributed by atoms with Crippen LogP contribution in [0.5, 0.6) is 0 Å². The zero-order chi connectivity index (χ0) is 23.8. The first-order valence-corrected chi connectivity index (χ1v) is 13.1. The largest absolute Gasteiger partial charge is 0.371 e. The molecular weight excluding hydrogens is 461 g/mol. The number of carbonyl (C=O) groups is 1. The number of sulfonamides is 1. The van der Waals surface area contributed by atoms with Gasteiger partial charge < -0.3 is 10.2 Å². The van der Waals surface area contributed by atoms with E-state index >= 15 is 0 Å². The zero-order valence-electron chi connectivity index (χ0n) is 18.7. The molecule has 0 bridgehead atoms. The summed E-state index contributed by atoms with van der Waals surface area (Å²) in [5.74, 6) is -1.20. The van der Waals surface area contributed by atoms with Crippen LogP contribution in [0.1, 0.15) is 39.2 Å². The molecule has 1 aromatic heterocycles. The van der Waals surface area contributed by atoms with Crippen molar-refractivity contribution < 1.29 is 17.6 Å². The lowest BCUT2D eigenvalue weighted by Crippen LogP contribution is -2.22. The van der Waals surface area contributed by atoms with Gasteiger partial charge in [-0.3, -0.25) is 9.52 Å². The van der Waals surface area contributed by atoms with Crippen molar-refractivity contribution >= 4 is 44.3 Å². The van der Waals surface area contributed by atoms with Gasteiger partial charge in [-0.15, -0.1) is 11.3 Å². The summed E-state index contributed by atoms with van der Waals surface area (Å²) in [5, 5.41) is 4.48. The minimum absolute atomic E-state index is 0.0425. The number of hydrogen-bond donors (Lipinski definition) is 2. The summed E-state index contributed by atoms with van der Waals surface area (Å²) in [6.45, 7) is 7.93. The molecule has 6 nitrogen and oxygen atoms in total. The Morgan fingerprint density at radius 1 is 1.06 bits per heavy atom. The van der Waals surface area contributed by atoms with Crippen LogP contribution in [0.15, 0.2) is 46.7 Å². The maximum atomic E-state index is 14.0. The molecule has 0 saturated carbocycles. The van der Waals surface area contributed by atoms with E-state index in [2.05, 4.69) is 21.9 Å². The van der Waals surface area contributed by atoms with E-state index in [4.69, 9.17) is 0 Å². The number of rotatable bonds is 6. The molecule has 174 valence electrons. The van der Waals surface area contributed by atoms with Crippen LogP contribution < -0.4 is 14.9 Å². The van der Waals surface area contributed by atoms with Crippen LogP contribution in [-0.4, -0.2) is 27.4 Å². The Balaban J connectivity index is 1.64. The maximum Gasteiger partial charge on any atom is 0.267 e. The van der Waals surface area contributed by atoms with Crippen LogP contribution in [0, 0.1) is 26.6 Å². The minimum atomic E-state index is -4.16. The van der Waals surface area contributed by atoms with Crippen molar-refractivity contribution in [2.75, 3.05) is 28.0 Å². The predicted molar refractivity (Wildman–Crippen MR) is 132 cm³/mol. The van der Waals surface area contributed by atoms with Crippen molar-refractivity contribution in [1.29, 1.82) is 0 Å². The molecule has 33 heavy (non-hydrogen) atoms. The van der Waals surface area contributed by atoms with E-state index < -0.39 is 21.7 Å². The van der Waals surface area contributed by atoms with Gasteiger partial charge in [-0.2, -0.15) is 0 Å². The molecule has 1 saturated heterocycles. The minimum Gasteiger partial charge on any atom is -0.371 e. The summed E-state index contributed by atoms with van der Waals surface area (Å²) < 4.78 is 42.1. The zero-order valence-corrected chi connectivity index (χ0v) is 20.4. The Morgan fingerprint density at radius 2 is 1.76 bits per heavy atom. The third-order valence-corrected chi connectivity index (χ3v) is 8.29. The maximum absolute atomic E-state index is 14.0. The smallest absolute Gasteiger partial charge is 0.267 e. The molecule has 3 aromatic rings. The van der Waals surface area contributed by atoms with Gasteiger partial charge >= 0.3 is 0 Å². The highest BCUT2D eigenvalue weighted by atomic mass is 32.2. The van der Waals surface area contributed by atoms with Crippen molar-refractivity contribution in [3.63, 3.8) is 0 Å². The highest BCUT2D eigenvalue weighted by Crippen LogP contribution is 2.36. The van der Waals surface area contributed by atoms with E-state index in [9.17, 15) is 17.6 Å². The van der Waals surface area contributed by atoms with Gasteiger partial charge in [-0.25, -0.2) is 12.8 Å². The second-order valence-corrected chi connectivity index (χ2v) is 10.8. The topological polar surface area (TPSA) is 78.5 Å². The summed E-state index contributed by atoms with van der Waals surface area (Å²) in [5.41, 5.74) is 4.66. The molecule has 1 aliphatic heterocycles. The highest BCUT2D eigenvalue weighted by Gasteiger charge is 2.27. The quantitative estimate of drug-likeness (QED) is 0.484. The molecular formula is C24H26FN3O3S2. The van der Waals surface area contributed by atoms with Gasteiger partial charge in [0.2, 0.25) is 0 Å². The molecule has 1 aliphatic rings. The standard InChI is InChI=1S/C24H26FN3O3S2/c1-15-14-16(2)22(28-11-6-7-12-28)17(3)21(15)26-24(29)23-20(10-13-32-23)33(30,31)27-19-9-5-4-8-18(19)25/h4-5,8-10,13-14,27H,6-7,11-12H2,1-3H3,(H,26,29). The number of amides is 1. The van der Waals surface area contributed by atoms with Crippen LogP contribution in [0.25, 0.3) is 0 Å². The SMILES string of the molecule is Cc1cc(C)c(N2CCCC2)c(C)c1NC(=O)c1sccc1S(=O)(=O)Nc1ccccc1F. The normalized spacial score (nSPS) is 13.9. The Bertz CT molecular complexity index is 1310. The molecule has 4 rings (SSSR count). The van der Waals surface area contributed by atoms with Crippen molar-refractivity contribution in [2.45, 2.75) is 38.5 Å². The number of nitrogens with zero attached hydrogens (tertiary/aromatic N) is 1. The number of anilines is 3. The summed E-state index contributed by atoms with van der Waals surface area (Å²) in [4.78, 5) is 15.4. The summed E-state index contributed by atoms with van der Waals surface area (Å²) in [6, 6.07) is 8.90. The lowest BCUT2D eigenvalue weighted by Gasteiger charge is -2.26. The third-order valence-electron chi connectivity index (χ3n) is 5.83. The van der Waals surface area contributed by atoms with E-state index in [0.29, 0.717) is 5.69 Å². The van der Waals surface area contributed by atoms with Gasteiger partial charge in [0.15, 0.2) is 0 Å². The molecule has 9 heteroatoms. The average Bonchev–Trinajstić information content (AvgIpc) is 3.45. The molecule has 0 atom stereocenters. The van der Waals surface area contributed by atoms with Gasteiger partial charge in [0.25, 0.3) is 15.9 Å². The van der Waals surface area contributed by atoms with Gasteiger partial charge in [-0.05, 0) is 73.9 Å². The fourth-order valence-electron chi connectivity index (χ4n) is 4.38. The molecule has 2 heterocycles. The van der Waals surface area contributed by atoms with Crippen molar-refractivity contribution in [2.24, 2.45) is 0 Å². The van der Waals surface area contributed by atoms with Crippen LogP contribution in [0.4, 0.5) is 21.5 Å². The molecule has 1 amide bonds. The first-order valence-electron chi connectivity index (χ1n) is 10.7. The number of thiophene rings is 1. The van der Waals surface area contributed by atoms with Crippen LogP contribution in [0.3, 0.4) is 0 Å². The number of nitrogens with one attached hydrogen (secondary N) is 2. The Labute approximate surface area is 197 Å². The Hall–Kier alpha value is -2.91. The molecule has 0 radical (unpaired) electrons. The van der Waals surface area contributed by atoms with Crippen molar-refractivity contribution in [3.05, 3.63) is 69.2 Å². The third kappa shape index (κ3) is 4.60. The molecule has 2 aromatic carbocycles. The predicted octanol–water partition coefficient (Wildman–Crippen LogP) is 5.47. The summed E-state index contributed by atoms with van der Waals surface area (Å²) in [7, 11) is -4.16. The van der Waals surface area contributed by atoms with Crippen LogP contribution in [0.2, 0.25) is 0 Å². The Morgan fingerprint density at radius 3 is 2.45 bits per heavy atom. The molecule has 2 N–H and O–H groups in total. The van der Waals surface area contributed by atoms with Gasteiger partial charge in [-0.1, -0.05) is 18.2 Å². The van der Waals surface area contributed by atoms with E-state index in [-0.39, 0.29) is 15.5 Å². The van der Waals surface area contributed by atoms with E-state index in [1.54, 1.807) is 0 Å². The number of aryl methyl sites for hydroxylation is 2. The van der Waals surface area contributed by atoms with Gasteiger partial charge in [0, 0.05) is 24.5 Å². The number of para-hydroxylation sites is 1. The number of halogens is 1. The highest BCUT2D eigenvalue weighted by molar-refractivity contribution is 7.93. The molecule has 1 fully saturated rings. The van der Waals surface area contributed by atoms with Crippen molar-refractivity contribution in [1.82, 2.24) is 0 Å². The van der Waals surface area contributed by atoms with Crippen molar-refractivity contribution in [3.8, 4) is 0 Å². The second kappa shape index (κ2) is 9.15. The van der Waals surface area contributed by atoms with Gasteiger partial charge in [0.05, 0.1) is 5.69 Å². The Kier molecular flexibility index (Phi) is 6.45. The fraction of sp³-hybridized carbons (Fsp3) is 0.292. The average molecular weight is 488 g/mol. The second-order valence-electron chi connectivity index (χ2n) is 8.21. The molecule has 0 aliphatic carbocycles. The van der Waals surface area contributed by atoms with Crippen LogP contribution >= 0.6 is 11.3 Å². The number of benzene rings is 2. The first-order chi connectivity index (χ1) is 15.7. The summed E-state index contributed by atoms with van der Waals surface area (Å²) >= 11 is 1.03. The van der Waals surface area contributed by atoms with E-state index in [0.717, 1.165) is 59.6 Å². The molecule has 0 unspecified atom stereocenters. The lowest BCUT2D eigenvalue weighted by atomic mass is 10.0. The fourth-order valence-corrected chi connectivity index (χ4v) is 6.77.